The third-order valence-corrected chi connectivity index (χ3v) is 2.88. The highest BCUT2D eigenvalue weighted by Crippen LogP contribution is 2.06. The molecular formula is C11H16N4O2. The lowest BCUT2D eigenvalue weighted by Gasteiger charge is -2.34. The van der Waals surface area contributed by atoms with Crippen molar-refractivity contribution in [2.45, 2.75) is 0 Å². The monoisotopic (exact) mass is 236 g/mol. The molecule has 1 N–H and O–H groups in total. The third-order valence-electron chi connectivity index (χ3n) is 2.88. The van der Waals surface area contributed by atoms with Crippen molar-refractivity contribution in [3.05, 3.63) is 24.3 Å². The molecule has 1 fully saturated rings. The maximum atomic E-state index is 12.0. The normalized spacial score (nSPS) is 17.1. The number of piperazine rings is 1. The first-order valence-corrected chi connectivity index (χ1v) is 5.69. The van der Waals surface area contributed by atoms with Gasteiger partial charge in [0.05, 0.1) is 12.2 Å². The first-order valence-electron chi connectivity index (χ1n) is 5.69. The predicted molar refractivity (Wildman–Crippen MR) is 61.5 cm³/mol. The molecule has 0 unspecified atom stereocenters. The standard InChI is InChI=1S/C11H16N4O2/c16-6-5-14-1-3-15(4-2-14)11(17)10-7-12-9-13-8-10/h7-9,16H,1-6H2. The van der Waals surface area contributed by atoms with Gasteiger partial charge in [0.15, 0.2) is 0 Å². The number of aromatic nitrogens is 2. The van der Waals surface area contributed by atoms with E-state index in [2.05, 4.69) is 14.9 Å². The Hall–Kier alpha value is -1.53. The second-order valence-electron chi connectivity index (χ2n) is 3.98. The summed E-state index contributed by atoms with van der Waals surface area (Å²) in [5.74, 6) is -0.0192. The van der Waals surface area contributed by atoms with Crippen LogP contribution in [0.15, 0.2) is 18.7 Å². The summed E-state index contributed by atoms with van der Waals surface area (Å²) in [5.41, 5.74) is 0.531. The van der Waals surface area contributed by atoms with Gasteiger partial charge in [-0.3, -0.25) is 9.69 Å². The summed E-state index contributed by atoms with van der Waals surface area (Å²) in [6.45, 7) is 3.83. The maximum absolute atomic E-state index is 12.0. The Balaban J connectivity index is 1.91. The number of rotatable bonds is 3. The Labute approximate surface area is 99.9 Å². The molecule has 6 nitrogen and oxygen atoms in total. The zero-order valence-corrected chi connectivity index (χ0v) is 9.62. The molecular weight excluding hydrogens is 220 g/mol. The van der Waals surface area contributed by atoms with Crippen molar-refractivity contribution in [1.29, 1.82) is 0 Å². The van der Waals surface area contributed by atoms with Gasteiger partial charge < -0.3 is 10.0 Å². The van der Waals surface area contributed by atoms with Gasteiger partial charge in [0, 0.05) is 45.1 Å². The van der Waals surface area contributed by atoms with Crippen LogP contribution in [0.1, 0.15) is 10.4 Å². The zero-order valence-electron chi connectivity index (χ0n) is 9.62. The molecule has 0 aliphatic carbocycles. The Morgan fingerprint density at radius 1 is 1.24 bits per heavy atom. The summed E-state index contributed by atoms with van der Waals surface area (Å²) in [4.78, 5) is 23.7. The van der Waals surface area contributed by atoms with E-state index in [0.29, 0.717) is 25.2 Å². The minimum atomic E-state index is -0.0192. The van der Waals surface area contributed by atoms with Crippen molar-refractivity contribution in [2.75, 3.05) is 39.3 Å². The summed E-state index contributed by atoms with van der Waals surface area (Å²) >= 11 is 0. The lowest BCUT2D eigenvalue weighted by atomic mass is 10.2. The van der Waals surface area contributed by atoms with Crippen LogP contribution < -0.4 is 0 Å². The topological polar surface area (TPSA) is 69.6 Å². The van der Waals surface area contributed by atoms with Crippen LogP contribution in [-0.4, -0.2) is 70.1 Å². The number of hydrogen-bond acceptors (Lipinski definition) is 5. The third kappa shape index (κ3) is 2.98. The molecule has 0 spiro atoms. The van der Waals surface area contributed by atoms with Gasteiger partial charge in [0.25, 0.3) is 5.91 Å². The van der Waals surface area contributed by atoms with Crippen LogP contribution in [0, 0.1) is 0 Å². The highest BCUT2D eigenvalue weighted by molar-refractivity contribution is 5.93. The van der Waals surface area contributed by atoms with Gasteiger partial charge in [-0.2, -0.15) is 0 Å². The van der Waals surface area contributed by atoms with E-state index < -0.39 is 0 Å². The Kier molecular flexibility index (Phi) is 4.00. The zero-order chi connectivity index (χ0) is 12.1. The number of hydrogen-bond donors (Lipinski definition) is 1. The van der Waals surface area contributed by atoms with E-state index in [9.17, 15) is 4.79 Å². The van der Waals surface area contributed by atoms with Crippen LogP contribution in [-0.2, 0) is 0 Å². The summed E-state index contributed by atoms with van der Waals surface area (Å²) in [6, 6.07) is 0. The van der Waals surface area contributed by atoms with E-state index in [4.69, 9.17) is 5.11 Å². The van der Waals surface area contributed by atoms with E-state index >= 15 is 0 Å². The molecule has 1 saturated heterocycles. The average Bonchev–Trinajstić information content (AvgIpc) is 2.40. The van der Waals surface area contributed by atoms with Crippen molar-refractivity contribution in [1.82, 2.24) is 19.8 Å². The van der Waals surface area contributed by atoms with E-state index in [1.807, 2.05) is 0 Å². The molecule has 0 atom stereocenters. The lowest BCUT2D eigenvalue weighted by molar-refractivity contribution is 0.0614. The molecule has 1 aliphatic heterocycles. The molecule has 1 aliphatic rings. The minimum absolute atomic E-state index is 0.0192. The minimum Gasteiger partial charge on any atom is -0.395 e. The molecule has 2 rings (SSSR count). The number of carbonyl (C=O) groups excluding carboxylic acids is 1. The summed E-state index contributed by atoms with van der Waals surface area (Å²) in [5, 5.41) is 8.83. The van der Waals surface area contributed by atoms with Gasteiger partial charge in [-0.25, -0.2) is 9.97 Å². The first-order chi connectivity index (χ1) is 8.31. The van der Waals surface area contributed by atoms with Crippen LogP contribution in [0.25, 0.3) is 0 Å². The van der Waals surface area contributed by atoms with Crippen molar-refractivity contribution in [2.24, 2.45) is 0 Å². The fraction of sp³-hybridized carbons (Fsp3) is 0.545. The highest BCUT2D eigenvalue weighted by Gasteiger charge is 2.21. The summed E-state index contributed by atoms with van der Waals surface area (Å²) in [6.07, 6.45) is 4.49. The number of aliphatic hydroxyl groups is 1. The van der Waals surface area contributed by atoms with Crippen molar-refractivity contribution in [3.63, 3.8) is 0 Å². The van der Waals surface area contributed by atoms with Gasteiger partial charge in [-0.15, -0.1) is 0 Å². The average molecular weight is 236 g/mol. The van der Waals surface area contributed by atoms with Crippen molar-refractivity contribution >= 4 is 5.91 Å². The Bertz CT molecular complexity index is 363. The molecule has 1 aromatic heterocycles. The molecule has 92 valence electrons. The second-order valence-corrected chi connectivity index (χ2v) is 3.98. The van der Waals surface area contributed by atoms with Crippen molar-refractivity contribution < 1.29 is 9.90 Å². The van der Waals surface area contributed by atoms with Gasteiger partial charge >= 0.3 is 0 Å². The number of nitrogens with zero attached hydrogens (tertiary/aromatic N) is 4. The molecule has 0 radical (unpaired) electrons. The predicted octanol–water partition coefficient (Wildman–Crippen LogP) is -0.773. The van der Waals surface area contributed by atoms with Gasteiger partial charge in [0.2, 0.25) is 0 Å². The van der Waals surface area contributed by atoms with E-state index in [-0.39, 0.29) is 12.5 Å². The fourth-order valence-electron chi connectivity index (χ4n) is 1.91. The number of carbonyl (C=O) groups is 1. The van der Waals surface area contributed by atoms with Crippen molar-refractivity contribution in [3.8, 4) is 0 Å². The van der Waals surface area contributed by atoms with Crippen LogP contribution in [0.3, 0.4) is 0 Å². The molecule has 1 aromatic rings. The van der Waals surface area contributed by atoms with Crippen LogP contribution >= 0.6 is 0 Å². The smallest absolute Gasteiger partial charge is 0.257 e. The summed E-state index contributed by atoms with van der Waals surface area (Å²) < 4.78 is 0. The second kappa shape index (κ2) is 5.70. The quantitative estimate of drug-likeness (QED) is 0.746. The number of β-amino-alcohol motifs (C(OH)–C–C–N with tert-alkyl or cyclic N) is 1. The van der Waals surface area contributed by atoms with Crippen LogP contribution in [0.5, 0.6) is 0 Å². The first kappa shape index (κ1) is 11.9. The fourth-order valence-corrected chi connectivity index (χ4v) is 1.91. The number of amides is 1. The highest BCUT2D eigenvalue weighted by atomic mass is 16.3. The number of aliphatic hydroxyl groups excluding tert-OH is 1. The van der Waals surface area contributed by atoms with E-state index in [0.717, 1.165) is 13.1 Å². The van der Waals surface area contributed by atoms with Gasteiger partial charge in [-0.1, -0.05) is 0 Å². The largest absolute Gasteiger partial charge is 0.395 e. The van der Waals surface area contributed by atoms with E-state index in [1.165, 1.54) is 18.7 Å². The van der Waals surface area contributed by atoms with Crippen LogP contribution in [0.2, 0.25) is 0 Å². The van der Waals surface area contributed by atoms with Gasteiger partial charge in [0.1, 0.15) is 6.33 Å². The Morgan fingerprint density at radius 2 is 1.88 bits per heavy atom. The van der Waals surface area contributed by atoms with E-state index in [1.54, 1.807) is 4.90 Å². The lowest BCUT2D eigenvalue weighted by Crippen LogP contribution is -2.49. The molecule has 0 bridgehead atoms. The summed E-state index contributed by atoms with van der Waals surface area (Å²) in [7, 11) is 0. The molecule has 17 heavy (non-hydrogen) atoms. The molecule has 6 heteroatoms. The molecule has 1 amide bonds. The molecule has 2 heterocycles. The Morgan fingerprint density at radius 3 is 2.47 bits per heavy atom. The molecule has 0 saturated carbocycles. The van der Waals surface area contributed by atoms with Crippen LogP contribution in [0.4, 0.5) is 0 Å². The van der Waals surface area contributed by atoms with Gasteiger partial charge in [-0.05, 0) is 0 Å². The molecule has 0 aromatic carbocycles. The SMILES string of the molecule is O=C(c1cncnc1)N1CCN(CCO)CC1. The maximum Gasteiger partial charge on any atom is 0.257 e.